The number of rotatable bonds is 7. The van der Waals surface area contributed by atoms with Gasteiger partial charge in [0.25, 0.3) is 0 Å². The fourth-order valence-corrected chi connectivity index (χ4v) is 4.56. The zero-order valence-electron chi connectivity index (χ0n) is 19.8. The number of anilines is 1. The highest BCUT2D eigenvalue weighted by atomic mass is 16.5. The molecule has 2 saturated heterocycles. The van der Waals surface area contributed by atoms with E-state index >= 15 is 0 Å². The van der Waals surface area contributed by atoms with Crippen LogP contribution in [0.1, 0.15) is 31.7 Å². The highest BCUT2D eigenvalue weighted by Crippen LogP contribution is 2.30. The van der Waals surface area contributed by atoms with Crippen LogP contribution in [0.5, 0.6) is 5.75 Å². The summed E-state index contributed by atoms with van der Waals surface area (Å²) < 4.78 is 16.9. The van der Waals surface area contributed by atoms with Gasteiger partial charge < -0.3 is 30.6 Å². The monoisotopic (exact) mass is 470 g/mol. The van der Waals surface area contributed by atoms with Crippen LogP contribution < -0.4 is 21.1 Å². The molecular weight excluding hydrogens is 436 g/mol. The molecule has 10 nitrogen and oxygen atoms in total. The van der Waals surface area contributed by atoms with Gasteiger partial charge in [-0.25, -0.2) is 0 Å². The number of allylic oxidation sites excluding steroid dienone is 1. The van der Waals surface area contributed by atoms with Crippen molar-refractivity contribution in [1.82, 2.24) is 15.5 Å². The van der Waals surface area contributed by atoms with E-state index in [1.165, 1.54) is 0 Å². The number of morpholine rings is 1. The lowest BCUT2D eigenvalue weighted by atomic mass is 9.89. The fourth-order valence-electron chi connectivity index (χ4n) is 4.56. The normalized spacial score (nSPS) is 23.4. The molecule has 1 aromatic rings. The SMILES string of the molecule is COCC(C)Oc1ccc(N)c(C(=N)C2=CCC(N3CCC4(CC3)CNC(=O)CO4)N=CN2)c1. The Morgan fingerprint density at radius 2 is 2.21 bits per heavy atom. The van der Waals surface area contributed by atoms with Crippen LogP contribution in [0.4, 0.5) is 5.69 Å². The minimum Gasteiger partial charge on any atom is -0.488 e. The molecule has 0 radical (unpaired) electrons. The van der Waals surface area contributed by atoms with E-state index in [9.17, 15) is 4.79 Å². The number of nitrogens with zero attached hydrogens (tertiary/aromatic N) is 2. The maximum Gasteiger partial charge on any atom is 0.246 e. The number of hydrogen-bond donors (Lipinski definition) is 4. The zero-order valence-corrected chi connectivity index (χ0v) is 19.8. The van der Waals surface area contributed by atoms with Gasteiger partial charge in [-0.2, -0.15) is 0 Å². The van der Waals surface area contributed by atoms with Crippen LogP contribution in [-0.4, -0.2) is 80.7 Å². The van der Waals surface area contributed by atoms with Crippen LogP contribution in [0.2, 0.25) is 0 Å². The Balaban J connectivity index is 1.39. The molecule has 2 atom stereocenters. The van der Waals surface area contributed by atoms with Gasteiger partial charge in [0.05, 0.1) is 30.0 Å². The highest BCUT2D eigenvalue weighted by molar-refractivity contribution is 6.14. The van der Waals surface area contributed by atoms with Gasteiger partial charge in [-0.15, -0.1) is 0 Å². The first-order chi connectivity index (χ1) is 16.4. The van der Waals surface area contributed by atoms with E-state index < -0.39 is 0 Å². The van der Waals surface area contributed by atoms with E-state index in [2.05, 4.69) is 20.5 Å². The number of benzene rings is 1. The molecule has 34 heavy (non-hydrogen) atoms. The zero-order chi connectivity index (χ0) is 24.1. The number of ether oxygens (including phenoxy) is 3. The summed E-state index contributed by atoms with van der Waals surface area (Å²) in [5.41, 5.74) is 7.99. The van der Waals surface area contributed by atoms with E-state index in [-0.39, 0.29) is 30.4 Å². The van der Waals surface area contributed by atoms with Gasteiger partial charge in [0.15, 0.2) is 0 Å². The van der Waals surface area contributed by atoms with Crippen molar-refractivity contribution < 1.29 is 19.0 Å². The minimum absolute atomic E-state index is 0.0183. The smallest absolute Gasteiger partial charge is 0.246 e. The summed E-state index contributed by atoms with van der Waals surface area (Å²) in [7, 11) is 1.63. The number of aliphatic imine (C=N–C) groups is 1. The summed E-state index contributed by atoms with van der Waals surface area (Å²) in [6.07, 6.45) is 5.91. The van der Waals surface area contributed by atoms with Crippen molar-refractivity contribution in [2.24, 2.45) is 4.99 Å². The Morgan fingerprint density at radius 3 is 2.91 bits per heavy atom. The molecule has 4 rings (SSSR count). The van der Waals surface area contributed by atoms with Crippen molar-refractivity contribution in [1.29, 1.82) is 5.41 Å². The average Bonchev–Trinajstić information content (AvgIpc) is 3.09. The maximum atomic E-state index is 11.4. The van der Waals surface area contributed by atoms with Crippen molar-refractivity contribution in [3.63, 3.8) is 0 Å². The molecule has 0 saturated carbocycles. The lowest BCUT2D eigenvalue weighted by molar-refractivity contribution is -0.151. The number of carbonyl (C=O) groups is 1. The number of amides is 1. The second-order valence-corrected chi connectivity index (χ2v) is 9.05. The quantitative estimate of drug-likeness (QED) is 0.348. The van der Waals surface area contributed by atoms with Gasteiger partial charge >= 0.3 is 0 Å². The van der Waals surface area contributed by atoms with Crippen molar-refractivity contribution in [2.45, 2.75) is 44.1 Å². The first-order valence-electron chi connectivity index (χ1n) is 11.7. The third-order valence-corrected chi connectivity index (χ3v) is 6.55. The van der Waals surface area contributed by atoms with E-state index in [4.69, 9.17) is 25.4 Å². The molecule has 2 unspecified atom stereocenters. The van der Waals surface area contributed by atoms with Crippen molar-refractivity contribution in [3.05, 3.63) is 35.5 Å². The number of methoxy groups -OCH3 is 1. The average molecular weight is 471 g/mol. The van der Waals surface area contributed by atoms with Crippen molar-refractivity contribution in [2.75, 3.05) is 45.7 Å². The second kappa shape index (κ2) is 10.5. The topological polar surface area (TPSA) is 134 Å². The number of hydrogen-bond acceptors (Lipinski definition) is 9. The molecular formula is C24H34N6O4. The summed E-state index contributed by atoms with van der Waals surface area (Å²) in [6, 6.07) is 5.35. The third kappa shape index (κ3) is 5.57. The fraction of sp³-hybridized carbons (Fsp3) is 0.542. The first-order valence-corrected chi connectivity index (χ1v) is 11.7. The van der Waals surface area contributed by atoms with Gasteiger partial charge in [0.2, 0.25) is 5.91 Å². The predicted octanol–water partition coefficient (Wildman–Crippen LogP) is 1.26. The van der Waals surface area contributed by atoms with Crippen molar-refractivity contribution >= 4 is 23.6 Å². The standard InChI is InChI=1S/C24H34N6O4/c1-16(12-32-2)34-17-3-4-19(25)18(11-17)23(26)20-5-6-21(29-15-28-20)30-9-7-24(8-10-30)14-27-22(31)13-33-24/h3-5,11,15-16,21,26H,6-10,12-14,25H2,1-2H3,(H,27,31)(H,28,29). The summed E-state index contributed by atoms with van der Waals surface area (Å²) in [5, 5.41) is 14.8. The Bertz CT molecular complexity index is 958. The van der Waals surface area contributed by atoms with Crippen molar-refractivity contribution in [3.8, 4) is 5.75 Å². The van der Waals surface area contributed by atoms with Crippen LogP contribution in [0, 0.1) is 5.41 Å². The highest BCUT2D eigenvalue weighted by Gasteiger charge is 2.40. The molecule has 184 valence electrons. The van der Waals surface area contributed by atoms with Gasteiger partial charge in [0.1, 0.15) is 24.6 Å². The van der Waals surface area contributed by atoms with E-state index in [1.807, 2.05) is 13.0 Å². The summed E-state index contributed by atoms with van der Waals surface area (Å²) in [6.45, 7) is 4.79. The maximum absolute atomic E-state index is 11.4. The Hall–Kier alpha value is -2.95. The predicted molar refractivity (Wildman–Crippen MR) is 130 cm³/mol. The number of piperidine rings is 1. The number of likely N-dealkylation sites (tertiary alicyclic amines) is 1. The summed E-state index contributed by atoms with van der Waals surface area (Å²) >= 11 is 0. The van der Waals surface area contributed by atoms with Crippen LogP contribution >= 0.6 is 0 Å². The molecule has 1 amide bonds. The molecule has 10 heteroatoms. The molecule has 0 aliphatic carbocycles. The molecule has 3 heterocycles. The number of nitrogens with one attached hydrogen (secondary N) is 3. The lowest BCUT2D eigenvalue weighted by Crippen LogP contribution is -2.58. The number of carbonyl (C=O) groups excluding carboxylic acids is 1. The second-order valence-electron chi connectivity index (χ2n) is 9.05. The lowest BCUT2D eigenvalue weighted by Gasteiger charge is -2.44. The number of nitrogens with two attached hydrogens (primary N) is 1. The molecule has 3 aliphatic rings. The Labute approximate surface area is 200 Å². The van der Waals surface area contributed by atoms with Crippen LogP contribution in [0.3, 0.4) is 0 Å². The third-order valence-electron chi connectivity index (χ3n) is 6.55. The summed E-state index contributed by atoms with van der Waals surface area (Å²) in [4.78, 5) is 18.4. The molecule has 0 bridgehead atoms. The van der Waals surface area contributed by atoms with Crippen LogP contribution in [0.15, 0.2) is 35.0 Å². The van der Waals surface area contributed by atoms with E-state index in [0.29, 0.717) is 48.0 Å². The molecule has 3 aliphatic heterocycles. The molecule has 2 fully saturated rings. The van der Waals surface area contributed by atoms with Gasteiger partial charge in [-0.1, -0.05) is 6.08 Å². The van der Waals surface area contributed by atoms with E-state index in [0.717, 1.165) is 25.9 Å². The molecule has 5 N–H and O–H groups in total. The molecule has 1 aromatic carbocycles. The Morgan fingerprint density at radius 1 is 1.41 bits per heavy atom. The first kappa shape index (κ1) is 24.2. The van der Waals surface area contributed by atoms with Gasteiger partial charge in [0, 0.05) is 44.4 Å². The largest absolute Gasteiger partial charge is 0.488 e. The Kier molecular flexibility index (Phi) is 7.50. The number of nitrogen functional groups attached to an aromatic ring is 1. The van der Waals surface area contributed by atoms with E-state index in [1.54, 1.807) is 31.6 Å². The minimum atomic E-state index is -0.258. The van der Waals surface area contributed by atoms with Gasteiger partial charge in [-0.05, 0) is 38.0 Å². The molecule has 0 aromatic heterocycles. The molecule has 1 spiro atoms. The summed E-state index contributed by atoms with van der Waals surface area (Å²) in [5.74, 6) is 0.595. The van der Waals surface area contributed by atoms with Gasteiger partial charge in [-0.3, -0.25) is 20.1 Å². The van der Waals surface area contributed by atoms with Crippen LogP contribution in [0.25, 0.3) is 0 Å². The van der Waals surface area contributed by atoms with Crippen LogP contribution in [-0.2, 0) is 14.3 Å².